The van der Waals surface area contributed by atoms with Crippen molar-refractivity contribution >= 4 is 39.3 Å². The second-order valence-electron chi connectivity index (χ2n) is 5.90. The van der Waals surface area contributed by atoms with Gasteiger partial charge in [-0.2, -0.15) is 4.31 Å². The minimum Gasteiger partial charge on any atom is -0.460 e. The van der Waals surface area contributed by atoms with Gasteiger partial charge in [0.2, 0.25) is 21.8 Å². The van der Waals surface area contributed by atoms with Crippen molar-refractivity contribution in [2.24, 2.45) is 0 Å². The van der Waals surface area contributed by atoms with Crippen LogP contribution < -0.4 is 10.6 Å². The fraction of sp³-hybridized carbons (Fsp3) is 0.222. The minimum atomic E-state index is -3.29. The van der Waals surface area contributed by atoms with Gasteiger partial charge < -0.3 is 15.1 Å². The number of carbonyl (C=O) groups excluding carboxylic acids is 2. The van der Waals surface area contributed by atoms with Crippen molar-refractivity contribution in [2.75, 3.05) is 23.9 Å². The molecular formula is C18H21N3O5S. The van der Waals surface area contributed by atoms with Gasteiger partial charge in [0.25, 0.3) is 0 Å². The van der Waals surface area contributed by atoms with Crippen LogP contribution >= 0.6 is 0 Å². The van der Waals surface area contributed by atoms with E-state index < -0.39 is 10.0 Å². The lowest BCUT2D eigenvalue weighted by Crippen LogP contribution is -2.24. The number of amides is 2. The zero-order chi connectivity index (χ0) is 20.0. The number of nitrogens with one attached hydrogen (secondary N) is 2. The second-order valence-corrected chi connectivity index (χ2v) is 7.99. The Labute approximate surface area is 157 Å². The number of furan rings is 1. The van der Waals surface area contributed by atoms with Crippen molar-refractivity contribution in [2.45, 2.75) is 13.5 Å². The Morgan fingerprint density at radius 2 is 1.67 bits per heavy atom. The lowest BCUT2D eigenvalue weighted by molar-refractivity contribution is -0.114. The Bertz CT molecular complexity index is 946. The molecule has 0 aliphatic heterocycles. The van der Waals surface area contributed by atoms with Gasteiger partial charge in [0.15, 0.2) is 0 Å². The Kier molecular flexibility index (Phi) is 6.54. The molecule has 0 bridgehead atoms. The number of sulfonamides is 1. The SMILES string of the molecule is CC(=O)Nc1ccc(NC(=O)/C=C/c2ccc(CN(C)S(C)(=O)=O)o2)cc1. The highest BCUT2D eigenvalue weighted by atomic mass is 32.2. The number of rotatable bonds is 7. The molecule has 0 radical (unpaired) electrons. The first kappa shape index (κ1) is 20.4. The summed E-state index contributed by atoms with van der Waals surface area (Å²) in [7, 11) is -1.84. The van der Waals surface area contributed by atoms with Gasteiger partial charge in [-0.15, -0.1) is 0 Å². The van der Waals surface area contributed by atoms with Crippen LogP contribution in [0.15, 0.2) is 46.9 Å². The highest BCUT2D eigenvalue weighted by Crippen LogP contribution is 2.15. The summed E-state index contributed by atoms with van der Waals surface area (Å²) in [5, 5.41) is 5.32. The molecule has 27 heavy (non-hydrogen) atoms. The molecule has 8 nitrogen and oxygen atoms in total. The largest absolute Gasteiger partial charge is 0.460 e. The third kappa shape index (κ3) is 6.72. The van der Waals surface area contributed by atoms with Crippen LogP contribution in [0.1, 0.15) is 18.4 Å². The molecule has 9 heteroatoms. The first-order chi connectivity index (χ1) is 12.6. The van der Waals surface area contributed by atoms with Crippen LogP contribution in [0, 0.1) is 0 Å². The average molecular weight is 391 g/mol. The average Bonchev–Trinajstić information content (AvgIpc) is 3.01. The summed E-state index contributed by atoms with van der Waals surface area (Å²) in [6.07, 6.45) is 3.92. The molecule has 0 saturated carbocycles. The van der Waals surface area contributed by atoms with E-state index in [9.17, 15) is 18.0 Å². The molecule has 0 aliphatic rings. The van der Waals surface area contributed by atoms with Crippen LogP contribution in [0.5, 0.6) is 0 Å². The molecule has 0 saturated heterocycles. The molecule has 0 unspecified atom stereocenters. The van der Waals surface area contributed by atoms with Gasteiger partial charge in [0.1, 0.15) is 11.5 Å². The van der Waals surface area contributed by atoms with Gasteiger partial charge in [-0.1, -0.05) is 0 Å². The fourth-order valence-corrected chi connectivity index (χ4v) is 2.45. The maximum absolute atomic E-state index is 12.0. The predicted octanol–water partition coefficient (Wildman–Crippen LogP) is 2.28. The van der Waals surface area contributed by atoms with Crippen molar-refractivity contribution in [1.82, 2.24) is 4.31 Å². The molecule has 0 spiro atoms. The standard InChI is InChI=1S/C18H21N3O5S/c1-13(22)19-14-4-6-15(7-5-14)20-18(23)11-10-16-8-9-17(26-16)12-21(2)27(3,24)25/h4-11H,12H2,1-3H3,(H,19,22)(H,20,23)/b11-10+. The van der Waals surface area contributed by atoms with Crippen LogP contribution in [-0.2, 0) is 26.2 Å². The first-order valence-electron chi connectivity index (χ1n) is 8.00. The Balaban J connectivity index is 1.92. The highest BCUT2D eigenvalue weighted by molar-refractivity contribution is 7.88. The maximum atomic E-state index is 12.0. The Hall–Kier alpha value is -2.91. The molecule has 1 aromatic heterocycles. The van der Waals surface area contributed by atoms with Crippen LogP contribution in [0.3, 0.4) is 0 Å². The molecule has 2 N–H and O–H groups in total. The van der Waals surface area contributed by atoms with Gasteiger partial charge in [0.05, 0.1) is 12.8 Å². The normalized spacial score (nSPS) is 11.7. The van der Waals surface area contributed by atoms with E-state index in [2.05, 4.69) is 10.6 Å². The molecule has 144 valence electrons. The zero-order valence-electron chi connectivity index (χ0n) is 15.2. The quantitative estimate of drug-likeness (QED) is 0.704. The molecule has 2 rings (SSSR count). The third-order valence-corrected chi connectivity index (χ3v) is 4.76. The summed E-state index contributed by atoms with van der Waals surface area (Å²) < 4.78 is 29.5. The highest BCUT2D eigenvalue weighted by Gasteiger charge is 2.13. The van der Waals surface area contributed by atoms with E-state index in [0.717, 1.165) is 10.6 Å². The van der Waals surface area contributed by atoms with Crippen molar-refractivity contribution in [3.05, 3.63) is 54.0 Å². The van der Waals surface area contributed by atoms with E-state index >= 15 is 0 Å². The third-order valence-electron chi connectivity index (χ3n) is 3.50. The van der Waals surface area contributed by atoms with Crippen molar-refractivity contribution in [3.8, 4) is 0 Å². The first-order valence-corrected chi connectivity index (χ1v) is 9.85. The number of carbonyl (C=O) groups is 2. The zero-order valence-corrected chi connectivity index (χ0v) is 16.0. The topological polar surface area (TPSA) is 109 Å². The number of hydrogen-bond donors (Lipinski definition) is 2. The molecule has 0 aliphatic carbocycles. The van der Waals surface area contributed by atoms with Gasteiger partial charge >= 0.3 is 0 Å². The molecule has 2 aromatic rings. The van der Waals surface area contributed by atoms with E-state index in [0.29, 0.717) is 22.9 Å². The van der Waals surface area contributed by atoms with Gasteiger partial charge in [-0.3, -0.25) is 9.59 Å². The van der Waals surface area contributed by atoms with Gasteiger partial charge in [-0.05, 0) is 42.5 Å². The van der Waals surface area contributed by atoms with Crippen molar-refractivity contribution < 1.29 is 22.4 Å². The van der Waals surface area contributed by atoms with Crippen molar-refractivity contribution in [3.63, 3.8) is 0 Å². The van der Waals surface area contributed by atoms with E-state index in [-0.39, 0.29) is 18.4 Å². The van der Waals surface area contributed by atoms with Crippen LogP contribution in [-0.4, -0.2) is 37.8 Å². The van der Waals surface area contributed by atoms with E-state index in [4.69, 9.17) is 4.42 Å². The summed E-state index contributed by atoms with van der Waals surface area (Å²) in [5.74, 6) is 0.378. The Morgan fingerprint density at radius 1 is 1.07 bits per heavy atom. The maximum Gasteiger partial charge on any atom is 0.248 e. The summed E-state index contributed by atoms with van der Waals surface area (Å²) >= 11 is 0. The van der Waals surface area contributed by atoms with Crippen LogP contribution in [0.2, 0.25) is 0 Å². The number of nitrogens with zero attached hydrogens (tertiary/aromatic N) is 1. The van der Waals surface area contributed by atoms with E-state index in [1.165, 1.54) is 26.1 Å². The second kappa shape index (κ2) is 8.65. The summed E-state index contributed by atoms with van der Waals surface area (Å²) in [6, 6.07) is 10.00. The predicted molar refractivity (Wildman–Crippen MR) is 103 cm³/mol. The lowest BCUT2D eigenvalue weighted by atomic mass is 10.2. The summed E-state index contributed by atoms with van der Waals surface area (Å²) in [4.78, 5) is 22.9. The molecule has 2 amide bonds. The number of hydrogen-bond acceptors (Lipinski definition) is 5. The molecule has 0 fully saturated rings. The van der Waals surface area contributed by atoms with Gasteiger partial charge in [0, 0.05) is 31.4 Å². The fourth-order valence-electron chi connectivity index (χ4n) is 2.09. The summed E-state index contributed by atoms with van der Waals surface area (Å²) in [5.41, 5.74) is 1.21. The number of anilines is 2. The molecular weight excluding hydrogens is 370 g/mol. The van der Waals surface area contributed by atoms with E-state index in [1.807, 2.05) is 0 Å². The van der Waals surface area contributed by atoms with Crippen LogP contribution in [0.4, 0.5) is 11.4 Å². The summed E-state index contributed by atoms with van der Waals surface area (Å²) in [6.45, 7) is 1.53. The Morgan fingerprint density at radius 3 is 2.22 bits per heavy atom. The van der Waals surface area contributed by atoms with Crippen LogP contribution in [0.25, 0.3) is 6.08 Å². The van der Waals surface area contributed by atoms with Crippen molar-refractivity contribution in [1.29, 1.82) is 0 Å². The monoisotopic (exact) mass is 391 g/mol. The molecule has 1 aromatic carbocycles. The van der Waals surface area contributed by atoms with Gasteiger partial charge in [-0.25, -0.2) is 8.42 Å². The lowest BCUT2D eigenvalue weighted by Gasteiger charge is -2.11. The number of benzene rings is 1. The van der Waals surface area contributed by atoms with E-state index in [1.54, 1.807) is 36.4 Å². The molecule has 1 heterocycles. The smallest absolute Gasteiger partial charge is 0.248 e. The minimum absolute atomic E-state index is 0.111. The molecule has 0 atom stereocenters.